The molecule has 75 heavy (non-hydrogen) atoms. The first-order chi connectivity index (χ1) is 34.6. The van der Waals surface area contributed by atoms with Crippen molar-refractivity contribution < 1.29 is 8.48 Å². The van der Waals surface area contributed by atoms with Crippen LogP contribution in [0.4, 0.5) is 0 Å². The van der Waals surface area contributed by atoms with E-state index in [1.165, 1.54) is 78.0 Å². The summed E-state index contributed by atoms with van der Waals surface area (Å²) in [6, 6.07) is 43.8. The predicted octanol–water partition coefficient (Wildman–Crippen LogP) is 18.0. The molecule has 0 fully saturated rings. The van der Waals surface area contributed by atoms with Crippen LogP contribution in [0.3, 0.4) is 0 Å². The third-order valence-corrected chi connectivity index (χ3v) is 44.2. The van der Waals surface area contributed by atoms with Crippen LogP contribution in [-0.4, -0.2) is 66.6 Å². The van der Waals surface area contributed by atoms with Crippen molar-refractivity contribution in [2.75, 3.05) is 0 Å². The smallest absolute Gasteiger partial charge is 0.372 e. The Morgan fingerprint density at radius 1 is 0.373 bits per heavy atom. The first-order valence-electron chi connectivity index (χ1n) is 28.5. The van der Waals surface area contributed by atoms with Gasteiger partial charge < -0.3 is 16.3 Å². The van der Waals surface area contributed by atoms with Crippen molar-refractivity contribution in [2.24, 2.45) is 0 Å². The average Bonchev–Trinajstić information content (AvgIpc) is 3.27. The van der Waals surface area contributed by atoms with Crippen LogP contribution >= 0.6 is 16.3 Å². The van der Waals surface area contributed by atoms with Crippen molar-refractivity contribution in [1.82, 2.24) is 9.13 Å². The van der Waals surface area contributed by atoms with Gasteiger partial charge in [-0.05, 0) is 161 Å². The number of benzene rings is 5. The third-order valence-electron chi connectivity index (χ3n) is 15.0. The van der Waals surface area contributed by atoms with E-state index in [9.17, 15) is 0 Å². The molecule has 0 saturated heterocycles. The lowest BCUT2D eigenvalue weighted by molar-refractivity contribution is -0.536. The molecule has 2 heterocycles. The van der Waals surface area contributed by atoms with Crippen LogP contribution in [0.1, 0.15) is 252 Å². The molecule has 0 aromatic heterocycles. The zero-order valence-corrected chi connectivity index (χ0v) is 55.4. The molecule has 0 saturated carbocycles. The highest BCUT2D eigenvalue weighted by atomic mass is 31.5. The monoisotopic (exact) mass is 1080 g/mol. The Bertz CT molecular complexity index is 2600. The van der Waals surface area contributed by atoms with Crippen molar-refractivity contribution in [2.45, 2.75) is 231 Å². The van der Waals surface area contributed by atoms with E-state index in [0.717, 1.165) is 0 Å². The second kappa shape index (κ2) is 22.6. The second-order valence-electron chi connectivity index (χ2n) is 27.6. The van der Waals surface area contributed by atoms with Crippen LogP contribution < -0.4 is 10.6 Å². The Labute approximate surface area is 464 Å². The first kappa shape index (κ1) is 60.6. The number of rotatable bonds is 13. The van der Waals surface area contributed by atoms with Crippen LogP contribution in [-0.2, 0) is 0 Å². The normalized spacial score (nSPS) is 19.0. The molecule has 8 heteroatoms. The summed E-state index contributed by atoms with van der Waals surface area (Å²) in [5.74, 6) is 5.17. The van der Waals surface area contributed by atoms with E-state index in [1.54, 1.807) is 10.6 Å². The summed E-state index contributed by atoms with van der Waals surface area (Å²) < 4.78 is 12.6. The molecule has 0 bridgehead atoms. The molecule has 4 nitrogen and oxygen atoms in total. The Kier molecular flexibility index (Phi) is 18.2. The fourth-order valence-electron chi connectivity index (χ4n) is 11.6. The molecule has 0 unspecified atom stereocenters. The molecule has 2 aliphatic rings. The lowest BCUT2D eigenvalue weighted by Crippen LogP contribution is -3.00. The summed E-state index contributed by atoms with van der Waals surface area (Å²) in [5.41, 5.74) is 12.2. The number of amidine groups is 2. The standard InChI is InChI=1S/C60H92N4P2Si2.C7H8/c1-39(2)47-35-49(41(5)6)53(50(36-47)42(7)8)65-67(61(57(13,14)15)55(62(67)58(16,17)18)45-31-27-25-28-32-45)68(66-54-51(43(9)10)37-48(40(3)4)38-52(54)44(11)12)63(59(19,20)21)56(64(68)60(22,23)24)46-33-29-26-30-34-46;1-7-5-3-2-4-6-7/h25-44H,1-24H3;2-6H,1H3. The minimum absolute atomic E-state index is 0.214. The lowest BCUT2D eigenvalue weighted by atomic mass is 9.89. The topological polar surface area (TPSA) is 12.5 Å². The maximum absolute atomic E-state index is 3.22. The van der Waals surface area contributed by atoms with Gasteiger partial charge in [-0.1, -0.05) is 202 Å². The third kappa shape index (κ3) is 11.7. The van der Waals surface area contributed by atoms with E-state index < -0.39 is 15.2 Å². The summed E-state index contributed by atoms with van der Waals surface area (Å²) in [6.45, 7) is 61.8. The zero-order valence-electron chi connectivity index (χ0n) is 51.6. The van der Waals surface area contributed by atoms with Crippen molar-refractivity contribution >= 4 is 53.7 Å². The predicted molar refractivity (Wildman–Crippen MR) is 338 cm³/mol. The minimum atomic E-state index is -3.22. The maximum Gasteiger partial charge on any atom is 0.372 e. The fourth-order valence-corrected chi connectivity index (χ4v) is 52.1. The highest BCUT2D eigenvalue weighted by molar-refractivity contribution is 8.14. The number of nitrogens with zero attached hydrogens (tertiary/aromatic N) is 4. The van der Waals surface area contributed by atoms with E-state index in [0.29, 0.717) is 35.5 Å². The van der Waals surface area contributed by atoms with Gasteiger partial charge in [0.15, 0.2) is 0 Å². The largest absolute Gasteiger partial charge is 0.405 e. The van der Waals surface area contributed by atoms with Crippen molar-refractivity contribution in [3.63, 3.8) is 0 Å². The van der Waals surface area contributed by atoms with Gasteiger partial charge in [0.25, 0.3) is 11.7 Å². The van der Waals surface area contributed by atoms with Gasteiger partial charge in [-0.25, -0.2) is 0 Å². The summed E-state index contributed by atoms with van der Waals surface area (Å²) in [7, 11) is -3.47. The molecular formula is C67H100N4P2Si2. The molecular weight excluding hydrogens is 979 g/mol. The lowest BCUT2D eigenvalue weighted by Gasteiger charge is -2.74. The minimum Gasteiger partial charge on any atom is -0.405 e. The molecule has 0 amide bonds. The highest BCUT2D eigenvalue weighted by Gasteiger charge is 2.84. The van der Waals surface area contributed by atoms with Gasteiger partial charge in [0.1, 0.15) is 0 Å². The van der Waals surface area contributed by atoms with Gasteiger partial charge in [0, 0.05) is 0 Å². The molecule has 2 atom stereocenters. The molecule has 0 spiro atoms. The second-order valence-corrected chi connectivity index (χ2v) is 45.0. The van der Waals surface area contributed by atoms with Crippen LogP contribution in [0.25, 0.3) is 0 Å². The number of hydrogen-bond acceptors (Lipinski definition) is 2. The van der Waals surface area contributed by atoms with E-state index in [-0.39, 0.29) is 22.2 Å². The summed E-state index contributed by atoms with van der Waals surface area (Å²) in [5, 5.41) is 3.17. The molecule has 0 N–H and O–H groups in total. The van der Waals surface area contributed by atoms with Crippen LogP contribution in [0.15, 0.2) is 115 Å². The van der Waals surface area contributed by atoms with Gasteiger partial charge in [-0.2, -0.15) is 10.6 Å². The number of hydrogen-bond donors (Lipinski definition) is 0. The summed E-state index contributed by atoms with van der Waals surface area (Å²) in [4.78, 5) is 0. The quantitative estimate of drug-likeness (QED) is 0.0861. The van der Waals surface area contributed by atoms with Crippen molar-refractivity contribution in [3.05, 3.63) is 165 Å². The van der Waals surface area contributed by atoms with Crippen LogP contribution in [0.2, 0.25) is 0 Å². The SMILES string of the molecule is CC(C)c1cc(C(C)C)c([P-][Si@@]2([Si@]3([P-]c4c(C(C)C)cc(C(C)C)cc4C(C)C)N(C(C)(C)C)C(c4ccccc4)=[N+]3C(C)(C)C)N(C(C)(C)C)C(c3ccccc3)=[N+]2C(C)(C)C)c(C(C)C)c1.Cc1ccccc1. The van der Waals surface area contributed by atoms with Crippen molar-refractivity contribution in [1.29, 1.82) is 0 Å². The van der Waals surface area contributed by atoms with E-state index >= 15 is 0 Å². The molecule has 2 aliphatic heterocycles. The van der Waals surface area contributed by atoms with Crippen LogP contribution in [0, 0.1) is 6.92 Å². The first-order valence-corrected chi connectivity index (χ1v) is 36.8. The number of aryl methyl sites for hydroxylation is 1. The van der Waals surface area contributed by atoms with Crippen molar-refractivity contribution in [3.8, 4) is 0 Å². The molecule has 0 radical (unpaired) electrons. The summed E-state index contributed by atoms with van der Waals surface area (Å²) >= 11 is 0. The molecule has 5 aromatic rings. The summed E-state index contributed by atoms with van der Waals surface area (Å²) in [6.07, 6.45) is 0. The Balaban J connectivity index is 0.00000120. The highest BCUT2D eigenvalue weighted by Crippen LogP contribution is 2.63. The molecule has 7 rings (SSSR count). The van der Waals surface area contributed by atoms with Gasteiger partial charge in [0.2, 0.25) is 0 Å². The molecule has 0 aliphatic carbocycles. The van der Waals surface area contributed by atoms with Gasteiger partial charge in [0.05, 0.1) is 33.3 Å². The Morgan fingerprint density at radius 3 is 0.813 bits per heavy atom. The van der Waals surface area contributed by atoms with E-state index in [1.807, 2.05) is 18.2 Å². The maximum atomic E-state index is 3.15. The van der Waals surface area contributed by atoms with E-state index in [2.05, 4.69) is 288 Å². The Hall–Kier alpha value is -3.67. The zero-order chi connectivity index (χ0) is 56.1. The van der Waals surface area contributed by atoms with Gasteiger partial charge in [-0.3, -0.25) is 17.6 Å². The van der Waals surface area contributed by atoms with E-state index in [4.69, 9.17) is 0 Å². The Morgan fingerprint density at radius 2 is 0.627 bits per heavy atom. The average molecular weight is 1080 g/mol. The van der Waals surface area contributed by atoms with Crippen LogP contribution in [0.5, 0.6) is 0 Å². The molecule has 406 valence electrons. The van der Waals surface area contributed by atoms with Gasteiger partial charge >= 0.3 is 15.2 Å². The van der Waals surface area contributed by atoms with Gasteiger partial charge in [-0.15, -0.1) is 0 Å². The molecule has 5 aromatic carbocycles. The fraction of sp³-hybridized carbons (Fsp3) is 0.522.